The highest BCUT2D eigenvalue weighted by Gasteiger charge is 2.07. The molecule has 0 fully saturated rings. The number of nitrogens with zero attached hydrogens (tertiary/aromatic N) is 1. The number of aromatic nitrogens is 1. The van der Waals surface area contributed by atoms with Crippen LogP contribution in [0.25, 0.3) is 0 Å². The minimum atomic E-state index is 0.0120. The molecule has 3 nitrogen and oxygen atoms in total. The van der Waals surface area contributed by atoms with Gasteiger partial charge in [-0.05, 0) is 24.6 Å². The SMILES string of the molecule is CCOC(CN)c1ccncc1. The van der Waals surface area contributed by atoms with Crippen LogP contribution < -0.4 is 5.73 Å². The Bertz CT molecular complexity index is 213. The Balaban J connectivity index is 2.66. The van der Waals surface area contributed by atoms with Crippen LogP contribution in [0, 0.1) is 0 Å². The van der Waals surface area contributed by atoms with E-state index in [0.29, 0.717) is 13.2 Å². The predicted molar refractivity (Wildman–Crippen MR) is 47.7 cm³/mol. The van der Waals surface area contributed by atoms with Crippen molar-refractivity contribution in [3.63, 3.8) is 0 Å². The second-order valence-electron chi connectivity index (χ2n) is 2.46. The molecule has 1 rings (SSSR count). The van der Waals surface area contributed by atoms with Crippen molar-refractivity contribution in [1.29, 1.82) is 0 Å². The maximum atomic E-state index is 5.55. The molecule has 3 heteroatoms. The van der Waals surface area contributed by atoms with Crippen LogP contribution in [0.3, 0.4) is 0 Å². The highest BCUT2D eigenvalue weighted by Crippen LogP contribution is 2.13. The largest absolute Gasteiger partial charge is 0.372 e. The van der Waals surface area contributed by atoms with E-state index in [4.69, 9.17) is 10.5 Å². The fourth-order valence-electron chi connectivity index (χ4n) is 1.08. The van der Waals surface area contributed by atoms with Crippen LogP contribution in [0.4, 0.5) is 0 Å². The van der Waals surface area contributed by atoms with Gasteiger partial charge in [0.2, 0.25) is 0 Å². The first-order valence-corrected chi connectivity index (χ1v) is 4.10. The molecule has 2 N–H and O–H groups in total. The summed E-state index contributed by atoms with van der Waals surface area (Å²) in [5.74, 6) is 0. The third-order valence-electron chi connectivity index (χ3n) is 1.66. The summed E-state index contributed by atoms with van der Waals surface area (Å²) in [5.41, 5.74) is 6.64. The van der Waals surface area contributed by atoms with Gasteiger partial charge in [0.25, 0.3) is 0 Å². The van der Waals surface area contributed by atoms with Crippen LogP contribution >= 0.6 is 0 Å². The van der Waals surface area contributed by atoms with Gasteiger partial charge >= 0.3 is 0 Å². The number of pyridine rings is 1. The lowest BCUT2D eigenvalue weighted by atomic mass is 10.1. The van der Waals surface area contributed by atoms with Crippen LogP contribution in [-0.2, 0) is 4.74 Å². The average Bonchev–Trinajstić information content (AvgIpc) is 2.15. The summed E-state index contributed by atoms with van der Waals surface area (Å²) in [7, 11) is 0. The number of hydrogen-bond acceptors (Lipinski definition) is 3. The van der Waals surface area contributed by atoms with E-state index in [1.54, 1.807) is 12.4 Å². The Morgan fingerprint density at radius 2 is 2.17 bits per heavy atom. The number of ether oxygens (including phenoxy) is 1. The van der Waals surface area contributed by atoms with Gasteiger partial charge < -0.3 is 10.5 Å². The Hall–Kier alpha value is -0.930. The van der Waals surface area contributed by atoms with Crippen molar-refractivity contribution >= 4 is 0 Å². The topological polar surface area (TPSA) is 48.1 Å². The summed E-state index contributed by atoms with van der Waals surface area (Å²) >= 11 is 0. The molecule has 0 amide bonds. The molecule has 0 aliphatic rings. The second kappa shape index (κ2) is 4.85. The maximum Gasteiger partial charge on any atom is 0.0947 e. The smallest absolute Gasteiger partial charge is 0.0947 e. The summed E-state index contributed by atoms with van der Waals surface area (Å²) in [6, 6.07) is 3.85. The van der Waals surface area contributed by atoms with E-state index in [-0.39, 0.29) is 6.10 Å². The average molecular weight is 166 g/mol. The van der Waals surface area contributed by atoms with E-state index < -0.39 is 0 Å². The van der Waals surface area contributed by atoms with Crippen molar-refractivity contribution in [3.05, 3.63) is 30.1 Å². The molecule has 0 saturated heterocycles. The molecule has 1 heterocycles. The molecule has 1 aromatic heterocycles. The van der Waals surface area contributed by atoms with E-state index in [2.05, 4.69) is 4.98 Å². The zero-order valence-electron chi connectivity index (χ0n) is 7.23. The summed E-state index contributed by atoms with van der Waals surface area (Å²) in [5, 5.41) is 0. The molecule has 0 saturated carbocycles. The molecule has 0 bridgehead atoms. The maximum absolute atomic E-state index is 5.55. The van der Waals surface area contributed by atoms with Gasteiger partial charge in [0.05, 0.1) is 6.10 Å². The molecule has 0 aliphatic carbocycles. The van der Waals surface area contributed by atoms with Crippen molar-refractivity contribution in [2.24, 2.45) is 5.73 Å². The van der Waals surface area contributed by atoms with Gasteiger partial charge in [-0.3, -0.25) is 4.98 Å². The Kier molecular flexibility index (Phi) is 3.70. The Morgan fingerprint density at radius 3 is 2.67 bits per heavy atom. The van der Waals surface area contributed by atoms with Gasteiger partial charge in [-0.1, -0.05) is 0 Å². The van der Waals surface area contributed by atoms with Crippen LogP contribution in [0.1, 0.15) is 18.6 Å². The van der Waals surface area contributed by atoms with Gasteiger partial charge in [-0.25, -0.2) is 0 Å². The van der Waals surface area contributed by atoms with E-state index >= 15 is 0 Å². The van der Waals surface area contributed by atoms with E-state index in [1.165, 1.54) is 0 Å². The van der Waals surface area contributed by atoms with Crippen molar-refractivity contribution < 1.29 is 4.74 Å². The summed E-state index contributed by atoms with van der Waals surface area (Å²) < 4.78 is 5.42. The molecule has 1 atom stereocenters. The molecule has 0 radical (unpaired) electrons. The standard InChI is InChI=1S/C9H14N2O/c1-2-12-9(7-10)8-3-5-11-6-4-8/h3-6,9H,2,7,10H2,1H3. The summed E-state index contributed by atoms with van der Waals surface area (Å²) in [4.78, 5) is 3.93. The molecule has 66 valence electrons. The summed E-state index contributed by atoms with van der Waals surface area (Å²) in [6.45, 7) is 3.16. The minimum absolute atomic E-state index is 0.0120. The minimum Gasteiger partial charge on any atom is -0.372 e. The highest BCUT2D eigenvalue weighted by molar-refractivity contribution is 5.13. The predicted octanol–water partition coefficient (Wildman–Crippen LogP) is 1.12. The fraction of sp³-hybridized carbons (Fsp3) is 0.444. The number of rotatable bonds is 4. The molecule has 0 aromatic carbocycles. The first-order valence-electron chi connectivity index (χ1n) is 4.10. The Labute approximate surface area is 72.6 Å². The normalized spacial score (nSPS) is 12.8. The number of hydrogen-bond donors (Lipinski definition) is 1. The van der Waals surface area contributed by atoms with E-state index in [0.717, 1.165) is 5.56 Å². The first-order chi connectivity index (χ1) is 5.88. The lowest BCUT2D eigenvalue weighted by Crippen LogP contribution is -2.15. The first kappa shape index (κ1) is 9.16. The highest BCUT2D eigenvalue weighted by atomic mass is 16.5. The van der Waals surface area contributed by atoms with Crippen LogP contribution in [0.15, 0.2) is 24.5 Å². The lowest BCUT2D eigenvalue weighted by Gasteiger charge is -2.14. The monoisotopic (exact) mass is 166 g/mol. The van der Waals surface area contributed by atoms with Crippen LogP contribution in [0.5, 0.6) is 0 Å². The molecule has 12 heavy (non-hydrogen) atoms. The van der Waals surface area contributed by atoms with Crippen molar-refractivity contribution in [1.82, 2.24) is 4.98 Å². The van der Waals surface area contributed by atoms with Gasteiger partial charge in [-0.15, -0.1) is 0 Å². The zero-order chi connectivity index (χ0) is 8.81. The van der Waals surface area contributed by atoms with Gasteiger partial charge in [0.15, 0.2) is 0 Å². The molecule has 1 unspecified atom stereocenters. The van der Waals surface area contributed by atoms with Crippen molar-refractivity contribution in [2.75, 3.05) is 13.2 Å². The van der Waals surface area contributed by atoms with E-state index in [1.807, 2.05) is 19.1 Å². The van der Waals surface area contributed by atoms with Gasteiger partial charge in [0.1, 0.15) is 0 Å². The molecule has 0 spiro atoms. The van der Waals surface area contributed by atoms with Crippen molar-refractivity contribution in [3.8, 4) is 0 Å². The summed E-state index contributed by atoms with van der Waals surface area (Å²) in [6.07, 6.45) is 3.51. The number of nitrogens with two attached hydrogens (primary N) is 1. The third kappa shape index (κ3) is 2.29. The Morgan fingerprint density at radius 1 is 1.50 bits per heavy atom. The molecular weight excluding hydrogens is 152 g/mol. The van der Waals surface area contributed by atoms with Crippen LogP contribution in [-0.4, -0.2) is 18.1 Å². The molecular formula is C9H14N2O. The van der Waals surface area contributed by atoms with Gasteiger partial charge in [-0.2, -0.15) is 0 Å². The third-order valence-corrected chi connectivity index (χ3v) is 1.66. The van der Waals surface area contributed by atoms with Crippen molar-refractivity contribution in [2.45, 2.75) is 13.0 Å². The quantitative estimate of drug-likeness (QED) is 0.729. The van der Waals surface area contributed by atoms with Crippen LogP contribution in [0.2, 0.25) is 0 Å². The molecule has 1 aromatic rings. The zero-order valence-corrected chi connectivity index (χ0v) is 7.23. The second-order valence-corrected chi connectivity index (χ2v) is 2.46. The fourth-order valence-corrected chi connectivity index (χ4v) is 1.08. The van der Waals surface area contributed by atoms with Gasteiger partial charge in [0, 0.05) is 25.5 Å². The molecule has 0 aliphatic heterocycles. The lowest BCUT2D eigenvalue weighted by molar-refractivity contribution is 0.0688. The van der Waals surface area contributed by atoms with E-state index in [9.17, 15) is 0 Å².